The molecule has 1 aliphatic heterocycles. The standard InChI is InChI=1S/C15H21NO2/c1-8-4-10-5-15(17-3)13(7-14(10)18-8)12-6-11(12)9(2)16/h5,7-9,11-12H,4,6,16H2,1-3H3. The van der Waals surface area contributed by atoms with E-state index in [1.54, 1.807) is 7.11 Å². The van der Waals surface area contributed by atoms with E-state index in [1.165, 1.54) is 17.5 Å². The largest absolute Gasteiger partial charge is 0.496 e. The molecule has 18 heavy (non-hydrogen) atoms. The first-order valence-electron chi connectivity index (χ1n) is 6.73. The van der Waals surface area contributed by atoms with E-state index in [1.807, 2.05) is 0 Å². The van der Waals surface area contributed by atoms with Crippen molar-refractivity contribution < 1.29 is 9.47 Å². The number of nitrogens with two attached hydrogens (primary N) is 1. The Bertz CT molecular complexity index is 470. The normalized spacial score (nSPS) is 30.6. The van der Waals surface area contributed by atoms with Gasteiger partial charge in [-0.05, 0) is 44.2 Å². The topological polar surface area (TPSA) is 44.5 Å². The first-order valence-corrected chi connectivity index (χ1v) is 6.73. The molecule has 1 heterocycles. The number of methoxy groups -OCH3 is 1. The van der Waals surface area contributed by atoms with Crippen molar-refractivity contribution in [2.45, 2.75) is 44.8 Å². The monoisotopic (exact) mass is 247 g/mol. The second kappa shape index (κ2) is 4.16. The molecule has 4 unspecified atom stereocenters. The number of fused-ring (bicyclic) bond motifs is 1. The zero-order valence-electron chi connectivity index (χ0n) is 11.3. The van der Waals surface area contributed by atoms with E-state index in [-0.39, 0.29) is 12.1 Å². The van der Waals surface area contributed by atoms with Crippen LogP contribution in [0.1, 0.15) is 37.3 Å². The molecule has 2 aliphatic rings. The summed E-state index contributed by atoms with van der Waals surface area (Å²) in [6.45, 7) is 4.19. The molecule has 0 amide bonds. The third-order valence-corrected chi connectivity index (χ3v) is 4.16. The van der Waals surface area contributed by atoms with Crippen molar-refractivity contribution in [1.82, 2.24) is 0 Å². The van der Waals surface area contributed by atoms with Crippen molar-refractivity contribution in [3.63, 3.8) is 0 Å². The molecule has 2 N–H and O–H groups in total. The quantitative estimate of drug-likeness (QED) is 0.892. The van der Waals surface area contributed by atoms with E-state index in [2.05, 4.69) is 26.0 Å². The molecule has 3 heteroatoms. The molecule has 1 saturated carbocycles. The van der Waals surface area contributed by atoms with Crippen molar-refractivity contribution in [3.8, 4) is 11.5 Å². The lowest BCUT2D eigenvalue weighted by Crippen LogP contribution is -2.18. The first-order chi connectivity index (χ1) is 8.60. The van der Waals surface area contributed by atoms with Gasteiger partial charge in [0.05, 0.1) is 7.11 Å². The van der Waals surface area contributed by atoms with Crippen LogP contribution in [-0.2, 0) is 6.42 Å². The van der Waals surface area contributed by atoms with Gasteiger partial charge < -0.3 is 15.2 Å². The molecule has 4 atom stereocenters. The summed E-state index contributed by atoms with van der Waals surface area (Å²) >= 11 is 0. The molecular weight excluding hydrogens is 226 g/mol. The summed E-state index contributed by atoms with van der Waals surface area (Å²) in [5, 5.41) is 0. The third kappa shape index (κ3) is 1.87. The van der Waals surface area contributed by atoms with Gasteiger partial charge >= 0.3 is 0 Å². The molecule has 3 rings (SSSR count). The maximum absolute atomic E-state index is 5.98. The van der Waals surface area contributed by atoms with Crippen molar-refractivity contribution in [1.29, 1.82) is 0 Å². The predicted octanol–water partition coefficient (Wildman–Crippen LogP) is 2.47. The Morgan fingerprint density at radius 1 is 1.44 bits per heavy atom. The minimum atomic E-state index is 0.257. The Morgan fingerprint density at radius 2 is 2.22 bits per heavy atom. The van der Waals surface area contributed by atoms with Crippen LogP contribution in [0.2, 0.25) is 0 Å². The van der Waals surface area contributed by atoms with E-state index in [9.17, 15) is 0 Å². The Labute approximate surface area is 108 Å². The van der Waals surface area contributed by atoms with Crippen LogP contribution in [0.15, 0.2) is 12.1 Å². The fourth-order valence-corrected chi connectivity index (χ4v) is 3.07. The number of hydrogen-bond acceptors (Lipinski definition) is 3. The molecule has 0 spiro atoms. The first kappa shape index (κ1) is 11.8. The predicted molar refractivity (Wildman–Crippen MR) is 71.3 cm³/mol. The molecule has 0 aromatic heterocycles. The zero-order valence-corrected chi connectivity index (χ0v) is 11.3. The van der Waals surface area contributed by atoms with Gasteiger partial charge in [0.25, 0.3) is 0 Å². The molecule has 98 valence electrons. The van der Waals surface area contributed by atoms with Gasteiger partial charge in [-0.3, -0.25) is 0 Å². The molecule has 1 aromatic carbocycles. The van der Waals surface area contributed by atoms with E-state index in [0.29, 0.717) is 11.8 Å². The average molecular weight is 247 g/mol. The highest BCUT2D eigenvalue weighted by molar-refractivity contribution is 5.51. The van der Waals surface area contributed by atoms with Gasteiger partial charge in [0.1, 0.15) is 17.6 Å². The number of hydrogen-bond donors (Lipinski definition) is 1. The number of benzene rings is 1. The second-order valence-corrected chi connectivity index (χ2v) is 5.70. The van der Waals surface area contributed by atoms with Crippen molar-refractivity contribution in [2.75, 3.05) is 7.11 Å². The van der Waals surface area contributed by atoms with Crippen LogP contribution in [0.4, 0.5) is 0 Å². The van der Waals surface area contributed by atoms with Gasteiger partial charge in [-0.2, -0.15) is 0 Å². The van der Waals surface area contributed by atoms with E-state index >= 15 is 0 Å². The van der Waals surface area contributed by atoms with Crippen LogP contribution in [0, 0.1) is 5.92 Å². The molecule has 1 aromatic rings. The summed E-state index contributed by atoms with van der Waals surface area (Å²) < 4.78 is 11.4. The average Bonchev–Trinajstić information content (AvgIpc) is 3.04. The van der Waals surface area contributed by atoms with Crippen LogP contribution in [-0.4, -0.2) is 19.3 Å². The molecule has 0 bridgehead atoms. The van der Waals surface area contributed by atoms with Gasteiger partial charge in [-0.1, -0.05) is 0 Å². The lowest BCUT2D eigenvalue weighted by Gasteiger charge is -2.12. The van der Waals surface area contributed by atoms with Crippen LogP contribution in [0.5, 0.6) is 11.5 Å². The Morgan fingerprint density at radius 3 is 2.83 bits per heavy atom. The van der Waals surface area contributed by atoms with Gasteiger partial charge in [0.2, 0.25) is 0 Å². The summed E-state index contributed by atoms with van der Waals surface area (Å²) in [6.07, 6.45) is 2.43. The third-order valence-electron chi connectivity index (χ3n) is 4.16. The maximum atomic E-state index is 5.98. The van der Waals surface area contributed by atoms with Gasteiger partial charge in [-0.15, -0.1) is 0 Å². The highest BCUT2D eigenvalue weighted by atomic mass is 16.5. The molecule has 0 saturated heterocycles. The summed E-state index contributed by atoms with van der Waals surface area (Å²) in [6, 6.07) is 4.57. The van der Waals surface area contributed by atoms with E-state index < -0.39 is 0 Å². The van der Waals surface area contributed by atoms with Crippen molar-refractivity contribution in [2.24, 2.45) is 11.7 Å². The number of ether oxygens (including phenoxy) is 2. The van der Waals surface area contributed by atoms with E-state index in [0.717, 1.165) is 17.9 Å². The summed E-state index contributed by atoms with van der Waals surface area (Å²) in [4.78, 5) is 0. The van der Waals surface area contributed by atoms with E-state index in [4.69, 9.17) is 15.2 Å². The van der Waals surface area contributed by atoms with Gasteiger partial charge in [0.15, 0.2) is 0 Å². The maximum Gasteiger partial charge on any atom is 0.123 e. The van der Waals surface area contributed by atoms with Crippen LogP contribution in [0.3, 0.4) is 0 Å². The summed E-state index contributed by atoms with van der Waals surface area (Å²) in [5.74, 6) is 3.17. The Hall–Kier alpha value is -1.22. The molecule has 3 nitrogen and oxygen atoms in total. The lowest BCUT2D eigenvalue weighted by molar-refractivity contribution is 0.254. The van der Waals surface area contributed by atoms with Gasteiger partial charge in [0, 0.05) is 23.6 Å². The molecule has 1 fully saturated rings. The van der Waals surface area contributed by atoms with Gasteiger partial charge in [-0.25, -0.2) is 0 Å². The molecule has 0 radical (unpaired) electrons. The Kier molecular flexibility index (Phi) is 2.74. The minimum absolute atomic E-state index is 0.257. The second-order valence-electron chi connectivity index (χ2n) is 5.70. The molecular formula is C15H21NO2. The van der Waals surface area contributed by atoms with Crippen LogP contribution in [0.25, 0.3) is 0 Å². The fourth-order valence-electron chi connectivity index (χ4n) is 3.07. The highest BCUT2D eigenvalue weighted by Gasteiger charge is 2.43. The summed E-state index contributed by atoms with van der Waals surface area (Å²) in [7, 11) is 1.74. The summed E-state index contributed by atoms with van der Waals surface area (Å²) in [5.41, 5.74) is 8.52. The van der Waals surface area contributed by atoms with Crippen LogP contribution >= 0.6 is 0 Å². The SMILES string of the molecule is COc1cc2c(cc1C1CC1C(C)N)OC(C)C2. The Balaban J connectivity index is 1.93. The van der Waals surface area contributed by atoms with Crippen LogP contribution < -0.4 is 15.2 Å². The molecule has 1 aliphatic carbocycles. The van der Waals surface area contributed by atoms with Crippen molar-refractivity contribution in [3.05, 3.63) is 23.3 Å². The minimum Gasteiger partial charge on any atom is -0.496 e. The highest BCUT2D eigenvalue weighted by Crippen LogP contribution is 2.53. The lowest BCUT2D eigenvalue weighted by atomic mass is 10.0. The zero-order chi connectivity index (χ0) is 12.9. The van der Waals surface area contributed by atoms with Crippen molar-refractivity contribution >= 4 is 0 Å². The number of rotatable bonds is 3. The fraction of sp³-hybridized carbons (Fsp3) is 0.600. The smallest absolute Gasteiger partial charge is 0.123 e.